The fourth-order valence-electron chi connectivity index (χ4n) is 2.36. The largest absolute Gasteiger partial charge is 0.447 e. The van der Waals surface area contributed by atoms with Crippen LogP contribution in [0.1, 0.15) is 26.3 Å². The molecule has 1 N–H and O–H groups in total. The monoisotopic (exact) mass is 375 g/mol. The zero-order chi connectivity index (χ0) is 19.4. The molecule has 0 unspecified atom stereocenters. The van der Waals surface area contributed by atoms with Crippen molar-refractivity contribution in [2.24, 2.45) is 0 Å². The molecule has 0 saturated carbocycles. The number of nitrogens with zero attached hydrogens (tertiary/aromatic N) is 1. The predicted molar refractivity (Wildman–Crippen MR) is 104 cm³/mol. The summed E-state index contributed by atoms with van der Waals surface area (Å²) < 4.78 is 11.1. The molecule has 26 heavy (non-hydrogen) atoms. The van der Waals surface area contributed by atoms with E-state index in [0.717, 1.165) is 5.56 Å². The molecule has 0 aromatic heterocycles. The number of cyclic esters (lactones) is 1. The first-order valence-electron chi connectivity index (χ1n) is 8.89. The first-order valence-corrected chi connectivity index (χ1v) is 11.8. The van der Waals surface area contributed by atoms with E-state index in [4.69, 9.17) is 9.16 Å². The molecule has 0 radical (unpaired) electrons. The average Bonchev–Trinajstić information content (AvgIpc) is 2.92. The van der Waals surface area contributed by atoms with Crippen molar-refractivity contribution in [1.82, 2.24) is 4.90 Å². The van der Waals surface area contributed by atoms with Crippen LogP contribution in [0.25, 0.3) is 0 Å². The van der Waals surface area contributed by atoms with Crippen LogP contribution in [-0.2, 0) is 15.7 Å². The molecule has 0 aliphatic carbocycles. The van der Waals surface area contributed by atoms with Crippen molar-refractivity contribution < 1.29 is 19.1 Å². The maximum absolute atomic E-state index is 12.0. The van der Waals surface area contributed by atoms with Crippen molar-refractivity contribution in [3.63, 3.8) is 0 Å². The summed E-state index contributed by atoms with van der Waals surface area (Å²) >= 11 is 0. The second-order valence-electron chi connectivity index (χ2n) is 8.07. The number of amides is 1. The van der Waals surface area contributed by atoms with Crippen molar-refractivity contribution in [2.45, 2.75) is 57.6 Å². The standard InChI is InChI=1S/C20H29NO4Si/c1-20(2,3)26(4,5)25-13-9-12-18(22)17-15-24-19(23)21(17)14-16-10-7-6-8-11-16/h6-8,10-11,17-18,22H,13-15H2,1-5H3/t17-,18+/m1/s1. The highest BCUT2D eigenvalue weighted by Gasteiger charge is 2.38. The van der Waals surface area contributed by atoms with Gasteiger partial charge in [-0.2, -0.15) is 0 Å². The van der Waals surface area contributed by atoms with Crippen LogP contribution in [0, 0.1) is 11.8 Å². The second kappa shape index (κ2) is 8.25. The lowest BCUT2D eigenvalue weighted by molar-refractivity contribution is 0.124. The third-order valence-corrected chi connectivity index (χ3v) is 9.61. The Morgan fingerprint density at radius 3 is 2.62 bits per heavy atom. The lowest BCUT2D eigenvalue weighted by Crippen LogP contribution is -2.41. The SMILES string of the molecule is CC(C)(C)[Si](C)(C)OCC#C[C@H](O)[C@H]1COC(=O)N1Cc1ccccc1. The molecule has 142 valence electrons. The average molecular weight is 376 g/mol. The maximum Gasteiger partial charge on any atom is 0.410 e. The number of aliphatic hydroxyl groups is 1. The van der Waals surface area contributed by atoms with Crippen LogP contribution in [0.5, 0.6) is 0 Å². The number of ether oxygens (including phenoxy) is 1. The number of carbonyl (C=O) groups is 1. The Morgan fingerprint density at radius 1 is 1.35 bits per heavy atom. The van der Waals surface area contributed by atoms with E-state index >= 15 is 0 Å². The van der Waals surface area contributed by atoms with E-state index < -0.39 is 26.6 Å². The van der Waals surface area contributed by atoms with Gasteiger partial charge in [0, 0.05) is 6.54 Å². The van der Waals surface area contributed by atoms with Crippen molar-refractivity contribution >= 4 is 14.4 Å². The highest BCUT2D eigenvalue weighted by molar-refractivity contribution is 6.74. The van der Waals surface area contributed by atoms with E-state index in [2.05, 4.69) is 45.7 Å². The van der Waals surface area contributed by atoms with Gasteiger partial charge < -0.3 is 14.3 Å². The molecule has 1 saturated heterocycles. The fraction of sp³-hybridized carbons (Fsp3) is 0.550. The highest BCUT2D eigenvalue weighted by Crippen LogP contribution is 2.36. The highest BCUT2D eigenvalue weighted by atomic mass is 28.4. The molecule has 5 nitrogen and oxygen atoms in total. The number of hydrogen-bond donors (Lipinski definition) is 1. The smallest absolute Gasteiger partial charge is 0.410 e. The molecule has 1 fully saturated rings. The van der Waals surface area contributed by atoms with Gasteiger partial charge in [0.2, 0.25) is 0 Å². The van der Waals surface area contributed by atoms with E-state index in [0.29, 0.717) is 6.54 Å². The molecule has 2 atom stereocenters. The van der Waals surface area contributed by atoms with Gasteiger partial charge in [0.25, 0.3) is 0 Å². The molecule has 1 aromatic rings. The Morgan fingerprint density at radius 2 is 2.00 bits per heavy atom. The Kier molecular flexibility index (Phi) is 6.51. The molecule has 1 amide bonds. The molecule has 1 heterocycles. The molecule has 1 aliphatic heterocycles. The van der Waals surface area contributed by atoms with Crippen LogP contribution >= 0.6 is 0 Å². The number of carbonyl (C=O) groups excluding carboxylic acids is 1. The van der Waals surface area contributed by atoms with Crippen LogP contribution < -0.4 is 0 Å². The van der Waals surface area contributed by atoms with Crippen molar-refractivity contribution in [3.8, 4) is 11.8 Å². The predicted octanol–water partition coefficient (Wildman–Crippen LogP) is 3.39. The first kappa shape index (κ1) is 20.5. The summed E-state index contributed by atoms with van der Waals surface area (Å²) in [5, 5.41) is 10.5. The zero-order valence-corrected chi connectivity index (χ0v) is 17.3. The van der Waals surface area contributed by atoms with Crippen LogP contribution in [0.15, 0.2) is 30.3 Å². The Balaban J connectivity index is 1.96. The molecular formula is C20H29NO4Si. The molecule has 0 spiro atoms. The molecule has 6 heteroatoms. The van der Waals surface area contributed by atoms with Crippen LogP contribution in [-0.4, -0.2) is 49.8 Å². The van der Waals surface area contributed by atoms with Gasteiger partial charge in [0.1, 0.15) is 18.8 Å². The van der Waals surface area contributed by atoms with Gasteiger partial charge in [0.15, 0.2) is 8.32 Å². The minimum atomic E-state index is -1.86. The van der Waals surface area contributed by atoms with Gasteiger partial charge in [-0.05, 0) is 23.7 Å². The minimum Gasteiger partial charge on any atom is -0.447 e. The van der Waals surface area contributed by atoms with E-state index in [1.54, 1.807) is 0 Å². The van der Waals surface area contributed by atoms with E-state index in [1.807, 2.05) is 30.3 Å². The van der Waals surface area contributed by atoms with Gasteiger partial charge in [-0.15, -0.1) is 0 Å². The third-order valence-electron chi connectivity index (χ3n) is 5.13. The summed E-state index contributed by atoms with van der Waals surface area (Å²) in [6.07, 6.45) is -1.38. The summed E-state index contributed by atoms with van der Waals surface area (Å²) in [7, 11) is -1.86. The maximum atomic E-state index is 12.0. The van der Waals surface area contributed by atoms with Gasteiger partial charge >= 0.3 is 6.09 Å². The summed E-state index contributed by atoms with van der Waals surface area (Å²) in [6.45, 7) is 11.7. The van der Waals surface area contributed by atoms with Crippen LogP contribution in [0.3, 0.4) is 0 Å². The second-order valence-corrected chi connectivity index (χ2v) is 12.9. The Bertz CT molecular complexity index is 673. The van der Waals surface area contributed by atoms with Gasteiger partial charge in [-0.3, -0.25) is 4.90 Å². The molecular weight excluding hydrogens is 346 g/mol. The third kappa shape index (κ3) is 5.10. The van der Waals surface area contributed by atoms with E-state index in [1.165, 1.54) is 4.90 Å². The lowest BCUT2D eigenvalue weighted by Gasteiger charge is -2.35. The summed E-state index contributed by atoms with van der Waals surface area (Å²) in [5.74, 6) is 5.72. The van der Waals surface area contributed by atoms with Crippen molar-refractivity contribution in [1.29, 1.82) is 0 Å². The number of hydrogen-bond acceptors (Lipinski definition) is 4. The van der Waals surface area contributed by atoms with E-state index in [9.17, 15) is 9.90 Å². The quantitative estimate of drug-likeness (QED) is 0.633. The van der Waals surface area contributed by atoms with Gasteiger partial charge in [-0.25, -0.2) is 4.79 Å². The molecule has 2 rings (SSSR count). The Labute approximate surface area is 157 Å². The molecule has 0 bridgehead atoms. The van der Waals surface area contributed by atoms with Gasteiger partial charge in [0.05, 0.1) is 6.61 Å². The van der Waals surface area contributed by atoms with Crippen molar-refractivity contribution in [3.05, 3.63) is 35.9 Å². The fourth-order valence-corrected chi connectivity index (χ4v) is 3.23. The number of benzene rings is 1. The van der Waals surface area contributed by atoms with Crippen LogP contribution in [0.4, 0.5) is 4.79 Å². The normalized spacial score (nSPS) is 18.9. The zero-order valence-electron chi connectivity index (χ0n) is 16.3. The summed E-state index contributed by atoms with van der Waals surface area (Å²) in [4.78, 5) is 13.5. The van der Waals surface area contributed by atoms with E-state index in [-0.39, 0.29) is 18.3 Å². The lowest BCUT2D eigenvalue weighted by atomic mass is 10.1. The van der Waals surface area contributed by atoms with Gasteiger partial charge in [-0.1, -0.05) is 62.9 Å². The summed E-state index contributed by atoms with van der Waals surface area (Å²) in [5.41, 5.74) is 0.984. The molecule has 1 aliphatic rings. The number of rotatable bonds is 5. The Hall–Kier alpha value is -1.81. The van der Waals surface area contributed by atoms with Crippen LogP contribution in [0.2, 0.25) is 18.1 Å². The minimum absolute atomic E-state index is 0.117. The topological polar surface area (TPSA) is 59.0 Å². The number of aliphatic hydroxyl groups excluding tert-OH is 1. The first-order chi connectivity index (χ1) is 12.1. The summed E-state index contributed by atoms with van der Waals surface area (Å²) in [6, 6.07) is 9.16. The van der Waals surface area contributed by atoms with Crippen molar-refractivity contribution in [2.75, 3.05) is 13.2 Å². The molecule has 1 aromatic carbocycles.